The van der Waals surface area contributed by atoms with E-state index in [1.807, 2.05) is 19.2 Å². The summed E-state index contributed by atoms with van der Waals surface area (Å²) in [7, 11) is -1.51. The number of rotatable bonds is 2. The third kappa shape index (κ3) is 2.36. The largest absolute Gasteiger partial charge is 0.398 e. The zero-order chi connectivity index (χ0) is 15.2. The summed E-state index contributed by atoms with van der Waals surface area (Å²) in [5, 5.41) is 2.51. The second-order valence-electron chi connectivity index (χ2n) is 6.60. The van der Waals surface area contributed by atoms with E-state index in [1.165, 1.54) is 21.8 Å². The normalized spacial score (nSPS) is 12.0. The SMILES string of the molecule is Cc1ccc(-c2c([Si](C)(C)C)[nH]c3ncccc23)cc1N. The Kier molecular flexibility index (Phi) is 3.13. The average Bonchev–Trinajstić information content (AvgIpc) is 2.81. The minimum Gasteiger partial charge on any atom is -0.398 e. The molecule has 21 heavy (non-hydrogen) atoms. The van der Waals surface area contributed by atoms with Gasteiger partial charge in [0.05, 0.1) is 8.07 Å². The molecule has 0 bridgehead atoms. The van der Waals surface area contributed by atoms with Crippen LogP contribution in [0.4, 0.5) is 5.69 Å². The van der Waals surface area contributed by atoms with Gasteiger partial charge in [0.25, 0.3) is 0 Å². The molecule has 0 aliphatic heterocycles. The van der Waals surface area contributed by atoms with E-state index in [0.717, 1.165) is 16.9 Å². The zero-order valence-electron chi connectivity index (χ0n) is 13.0. The van der Waals surface area contributed by atoms with Crippen LogP contribution in [0.1, 0.15) is 5.56 Å². The number of hydrogen-bond acceptors (Lipinski definition) is 2. The first-order chi connectivity index (χ1) is 9.88. The van der Waals surface area contributed by atoms with Gasteiger partial charge in [-0.05, 0) is 36.2 Å². The number of nitrogens with one attached hydrogen (secondary N) is 1. The monoisotopic (exact) mass is 295 g/mol. The minimum absolute atomic E-state index is 0.840. The van der Waals surface area contributed by atoms with Gasteiger partial charge in [-0.15, -0.1) is 0 Å². The maximum absolute atomic E-state index is 6.12. The highest BCUT2D eigenvalue weighted by Gasteiger charge is 2.25. The Balaban J connectivity index is 2.36. The summed E-state index contributed by atoms with van der Waals surface area (Å²) >= 11 is 0. The van der Waals surface area contributed by atoms with E-state index in [-0.39, 0.29) is 0 Å². The Morgan fingerprint density at radius 3 is 2.57 bits per heavy atom. The summed E-state index contributed by atoms with van der Waals surface area (Å²) in [6, 6.07) is 10.5. The summed E-state index contributed by atoms with van der Waals surface area (Å²) in [6.45, 7) is 9.07. The van der Waals surface area contributed by atoms with Gasteiger partial charge in [0, 0.05) is 28.2 Å². The topological polar surface area (TPSA) is 54.7 Å². The first-order valence-corrected chi connectivity index (χ1v) is 10.7. The Hall–Kier alpha value is -2.07. The van der Waals surface area contributed by atoms with E-state index in [2.05, 4.69) is 53.9 Å². The van der Waals surface area contributed by atoms with E-state index in [0.29, 0.717) is 0 Å². The second-order valence-corrected chi connectivity index (χ2v) is 11.6. The highest BCUT2D eigenvalue weighted by Crippen LogP contribution is 2.30. The summed E-state index contributed by atoms with van der Waals surface area (Å²) in [4.78, 5) is 8.02. The van der Waals surface area contributed by atoms with Crippen molar-refractivity contribution >= 4 is 30.1 Å². The fraction of sp³-hybridized carbons (Fsp3) is 0.235. The van der Waals surface area contributed by atoms with Gasteiger partial charge >= 0.3 is 0 Å². The summed E-state index contributed by atoms with van der Waals surface area (Å²) in [5.41, 5.74) is 11.5. The molecule has 3 rings (SSSR count). The number of aryl methyl sites for hydroxylation is 1. The van der Waals surface area contributed by atoms with Crippen molar-refractivity contribution in [3.63, 3.8) is 0 Å². The maximum Gasteiger partial charge on any atom is 0.137 e. The number of aromatic nitrogens is 2. The lowest BCUT2D eigenvalue weighted by atomic mass is 10.0. The van der Waals surface area contributed by atoms with Crippen molar-refractivity contribution in [1.29, 1.82) is 0 Å². The van der Waals surface area contributed by atoms with Gasteiger partial charge in [-0.2, -0.15) is 0 Å². The zero-order valence-corrected chi connectivity index (χ0v) is 14.0. The number of nitrogen functional groups attached to an aromatic ring is 1. The van der Waals surface area contributed by atoms with E-state index in [4.69, 9.17) is 5.73 Å². The molecule has 0 saturated carbocycles. The van der Waals surface area contributed by atoms with Crippen LogP contribution >= 0.6 is 0 Å². The standard InChI is InChI=1S/C17H21N3Si/c1-11-7-8-12(10-14(11)18)15-13-6-5-9-19-16(13)20-17(15)21(2,3)4/h5-10H,18H2,1-4H3,(H,19,20). The molecule has 3 N–H and O–H groups in total. The number of aromatic amines is 1. The van der Waals surface area contributed by atoms with Crippen molar-refractivity contribution in [3.05, 3.63) is 42.1 Å². The Morgan fingerprint density at radius 2 is 1.90 bits per heavy atom. The molecule has 0 fully saturated rings. The number of fused-ring (bicyclic) bond motifs is 1. The molecule has 3 aromatic rings. The van der Waals surface area contributed by atoms with Crippen molar-refractivity contribution in [3.8, 4) is 11.1 Å². The van der Waals surface area contributed by atoms with Crippen molar-refractivity contribution in [1.82, 2.24) is 9.97 Å². The summed E-state index contributed by atoms with van der Waals surface area (Å²) < 4.78 is 0. The van der Waals surface area contributed by atoms with Crippen molar-refractivity contribution in [2.24, 2.45) is 0 Å². The predicted octanol–water partition coefficient (Wildman–Crippen LogP) is 3.67. The number of benzene rings is 1. The number of nitrogens with zero attached hydrogens (tertiary/aromatic N) is 1. The van der Waals surface area contributed by atoms with Crippen LogP contribution in [0.2, 0.25) is 19.6 Å². The van der Waals surface area contributed by atoms with Crippen LogP contribution in [-0.2, 0) is 0 Å². The summed E-state index contributed by atoms with van der Waals surface area (Å²) in [5.74, 6) is 0. The van der Waals surface area contributed by atoms with Gasteiger partial charge in [0.2, 0.25) is 0 Å². The fourth-order valence-electron chi connectivity index (χ4n) is 2.68. The molecule has 4 heteroatoms. The lowest BCUT2D eigenvalue weighted by Crippen LogP contribution is -2.39. The van der Waals surface area contributed by atoms with E-state index < -0.39 is 8.07 Å². The number of hydrogen-bond donors (Lipinski definition) is 2. The molecule has 0 saturated heterocycles. The molecule has 2 aromatic heterocycles. The molecular formula is C17H21N3Si. The predicted molar refractivity (Wildman–Crippen MR) is 93.7 cm³/mol. The van der Waals surface area contributed by atoms with Gasteiger partial charge in [-0.25, -0.2) is 4.98 Å². The molecule has 0 aliphatic carbocycles. The molecule has 0 spiro atoms. The molecule has 3 nitrogen and oxygen atoms in total. The van der Waals surface area contributed by atoms with Crippen LogP contribution in [-0.4, -0.2) is 18.0 Å². The Bertz CT molecular complexity index is 813. The fourth-order valence-corrected chi connectivity index (χ4v) is 4.20. The minimum atomic E-state index is -1.51. The van der Waals surface area contributed by atoms with Crippen LogP contribution < -0.4 is 11.1 Å². The molecule has 0 atom stereocenters. The molecular weight excluding hydrogens is 274 g/mol. The molecule has 108 valence electrons. The first-order valence-electron chi connectivity index (χ1n) is 7.21. The van der Waals surface area contributed by atoms with Crippen molar-refractivity contribution in [2.75, 3.05) is 5.73 Å². The highest BCUT2D eigenvalue weighted by molar-refractivity contribution is 6.89. The third-order valence-electron chi connectivity index (χ3n) is 3.89. The number of H-pyrrole nitrogens is 1. The molecule has 0 unspecified atom stereocenters. The van der Waals surface area contributed by atoms with Crippen LogP contribution in [0.15, 0.2) is 36.5 Å². The van der Waals surface area contributed by atoms with Crippen LogP contribution in [0.25, 0.3) is 22.2 Å². The summed E-state index contributed by atoms with van der Waals surface area (Å²) in [6.07, 6.45) is 1.83. The van der Waals surface area contributed by atoms with Gasteiger partial charge in [-0.1, -0.05) is 31.8 Å². The van der Waals surface area contributed by atoms with Crippen molar-refractivity contribution in [2.45, 2.75) is 26.6 Å². The van der Waals surface area contributed by atoms with Crippen LogP contribution in [0, 0.1) is 6.92 Å². The number of pyridine rings is 1. The van der Waals surface area contributed by atoms with Crippen molar-refractivity contribution < 1.29 is 0 Å². The van der Waals surface area contributed by atoms with Gasteiger partial charge in [0.15, 0.2) is 0 Å². The van der Waals surface area contributed by atoms with Gasteiger partial charge < -0.3 is 10.7 Å². The van der Waals surface area contributed by atoms with Crippen LogP contribution in [0.3, 0.4) is 0 Å². The highest BCUT2D eigenvalue weighted by atomic mass is 28.3. The first kappa shape index (κ1) is 13.9. The number of nitrogens with two attached hydrogens (primary N) is 1. The quantitative estimate of drug-likeness (QED) is 0.560. The Morgan fingerprint density at radius 1 is 1.14 bits per heavy atom. The average molecular weight is 295 g/mol. The Labute approximate surface area is 126 Å². The van der Waals surface area contributed by atoms with E-state index in [1.54, 1.807) is 0 Å². The molecule has 0 amide bonds. The molecule has 0 aliphatic rings. The van der Waals surface area contributed by atoms with Gasteiger partial charge in [0.1, 0.15) is 5.65 Å². The smallest absolute Gasteiger partial charge is 0.137 e. The molecule has 1 aromatic carbocycles. The van der Waals surface area contributed by atoms with E-state index >= 15 is 0 Å². The third-order valence-corrected chi connectivity index (χ3v) is 5.76. The lowest BCUT2D eigenvalue weighted by molar-refractivity contribution is 1.34. The second kappa shape index (κ2) is 4.74. The van der Waals surface area contributed by atoms with E-state index in [9.17, 15) is 0 Å². The molecule has 0 radical (unpaired) electrons. The van der Waals surface area contributed by atoms with Gasteiger partial charge in [-0.3, -0.25) is 0 Å². The lowest BCUT2D eigenvalue weighted by Gasteiger charge is -2.17. The molecule has 2 heterocycles. The van der Waals surface area contributed by atoms with Crippen LogP contribution in [0.5, 0.6) is 0 Å². The maximum atomic E-state index is 6.12. The number of anilines is 1.